The summed E-state index contributed by atoms with van der Waals surface area (Å²) in [7, 11) is 0. The number of hydrogen-bond donors (Lipinski definition) is 3. The van der Waals surface area contributed by atoms with E-state index >= 15 is 0 Å². The van der Waals surface area contributed by atoms with Gasteiger partial charge in [0.1, 0.15) is 12.4 Å². The number of H-pyrrole nitrogens is 1. The zero-order chi connectivity index (χ0) is 15.2. The number of aliphatic hydroxyl groups is 1. The van der Waals surface area contributed by atoms with Crippen molar-refractivity contribution in [3.05, 3.63) is 46.4 Å². The third kappa shape index (κ3) is 4.80. The van der Waals surface area contributed by atoms with Crippen molar-refractivity contribution in [3.63, 3.8) is 0 Å². The lowest BCUT2D eigenvalue weighted by atomic mass is 10.3. The van der Waals surface area contributed by atoms with E-state index in [0.29, 0.717) is 28.0 Å². The normalized spacial score (nSPS) is 12.1. The van der Waals surface area contributed by atoms with Gasteiger partial charge in [-0.15, -0.1) is 0 Å². The Morgan fingerprint density at radius 1 is 1.48 bits per heavy atom. The van der Waals surface area contributed by atoms with E-state index in [4.69, 9.17) is 10.5 Å². The molecule has 0 fully saturated rings. The van der Waals surface area contributed by atoms with Gasteiger partial charge < -0.3 is 20.6 Å². The quantitative estimate of drug-likeness (QED) is 0.421. The predicted molar refractivity (Wildman–Crippen MR) is 82.7 cm³/mol. The molecule has 0 bridgehead atoms. The molecule has 1 atom stereocenters. The van der Waals surface area contributed by atoms with Crippen LogP contribution in [0.5, 0.6) is 5.75 Å². The van der Waals surface area contributed by atoms with Gasteiger partial charge in [0, 0.05) is 17.5 Å². The number of hydrogen-bond acceptors (Lipinski definition) is 6. The zero-order valence-electron chi connectivity index (χ0n) is 11.6. The zero-order valence-corrected chi connectivity index (χ0v) is 12.4. The fourth-order valence-corrected chi connectivity index (χ4v) is 2.47. The van der Waals surface area contributed by atoms with Gasteiger partial charge in [-0.2, -0.15) is 0 Å². The number of thioether (sulfide) groups is 1. The minimum atomic E-state index is -0.694. The summed E-state index contributed by atoms with van der Waals surface area (Å²) in [6, 6.07) is 8.52. The number of aliphatic hydroxyl groups excluding tert-OH is 1. The van der Waals surface area contributed by atoms with Crippen molar-refractivity contribution >= 4 is 17.4 Å². The van der Waals surface area contributed by atoms with E-state index in [2.05, 4.69) is 9.97 Å². The monoisotopic (exact) mass is 307 g/mol. The summed E-state index contributed by atoms with van der Waals surface area (Å²) in [4.78, 5) is 18.1. The largest absolute Gasteiger partial charge is 0.489 e. The van der Waals surface area contributed by atoms with Crippen molar-refractivity contribution in [3.8, 4) is 5.75 Å². The van der Waals surface area contributed by atoms with E-state index in [-0.39, 0.29) is 12.2 Å². The number of anilines is 1. The molecular weight excluding hydrogens is 290 g/mol. The van der Waals surface area contributed by atoms with Gasteiger partial charge in [0.15, 0.2) is 5.16 Å². The topological polar surface area (TPSA) is 101 Å². The summed E-state index contributed by atoms with van der Waals surface area (Å²) in [5, 5.41) is 10.4. The Hall–Kier alpha value is -1.99. The predicted octanol–water partition coefficient (Wildman–Crippen LogP) is 1.19. The standard InChI is InChI=1S/C14H17N3O3S/c1-9-6-13(19)17-14(16-9)21-8-10(18)7-20-12-5-3-2-4-11(12)15/h2-6,10,18H,7-8,15H2,1H3,(H,16,17,19). The van der Waals surface area contributed by atoms with Gasteiger partial charge in [0.05, 0.1) is 11.8 Å². The highest BCUT2D eigenvalue weighted by Gasteiger charge is 2.09. The molecular formula is C14H17N3O3S. The number of aromatic amines is 1. The van der Waals surface area contributed by atoms with Crippen molar-refractivity contribution in [1.82, 2.24) is 9.97 Å². The van der Waals surface area contributed by atoms with Crippen LogP contribution >= 0.6 is 11.8 Å². The van der Waals surface area contributed by atoms with Gasteiger partial charge in [0.2, 0.25) is 0 Å². The first-order valence-corrected chi connectivity index (χ1v) is 7.39. The summed E-state index contributed by atoms with van der Waals surface area (Å²) in [6.07, 6.45) is -0.694. The number of ether oxygens (including phenoxy) is 1. The highest BCUT2D eigenvalue weighted by Crippen LogP contribution is 2.20. The van der Waals surface area contributed by atoms with Crippen LogP contribution in [0, 0.1) is 6.92 Å². The van der Waals surface area contributed by atoms with Gasteiger partial charge in [-0.25, -0.2) is 4.98 Å². The summed E-state index contributed by atoms with van der Waals surface area (Å²) < 4.78 is 5.45. The molecule has 0 radical (unpaired) electrons. The van der Waals surface area contributed by atoms with Gasteiger partial charge in [0.25, 0.3) is 5.56 Å². The Morgan fingerprint density at radius 3 is 2.95 bits per heavy atom. The number of nitrogens with one attached hydrogen (secondary N) is 1. The van der Waals surface area contributed by atoms with Crippen molar-refractivity contribution in [2.45, 2.75) is 18.2 Å². The molecule has 112 valence electrons. The molecule has 0 aliphatic carbocycles. The molecule has 1 heterocycles. The van der Waals surface area contributed by atoms with Gasteiger partial charge in [-0.3, -0.25) is 4.79 Å². The maximum absolute atomic E-state index is 11.3. The van der Waals surface area contributed by atoms with E-state index in [9.17, 15) is 9.90 Å². The van der Waals surface area contributed by atoms with Crippen LogP contribution in [0.15, 0.2) is 40.3 Å². The third-order valence-corrected chi connectivity index (χ3v) is 3.63. The molecule has 0 aliphatic heterocycles. The molecule has 1 unspecified atom stereocenters. The highest BCUT2D eigenvalue weighted by molar-refractivity contribution is 7.99. The lowest BCUT2D eigenvalue weighted by Gasteiger charge is -2.13. The van der Waals surface area contributed by atoms with Crippen LogP contribution in [-0.2, 0) is 0 Å². The third-order valence-electron chi connectivity index (χ3n) is 2.61. The molecule has 0 amide bonds. The second-order valence-corrected chi connectivity index (χ2v) is 5.51. The first-order valence-electron chi connectivity index (χ1n) is 6.41. The number of nitrogens with two attached hydrogens (primary N) is 1. The average molecular weight is 307 g/mol. The Bertz CT molecular complexity index is 660. The molecule has 2 rings (SSSR count). The van der Waals surface area contributed by atoms with Crippen molar-refractivity contribution in [2.24, 2.45) is 0 Å². The molecule has 2 aromatic rings. The highest BCUT2D eigenvalue weighted by atomic mass is 32.2. The smallest absolute Gasteiger partial charge is 0.251 e. The molecule has 0 aliphatic rings. The van der Waals surface area contributed by atoms with Crippen LogP contribution < -0.4 is 16.0 Å². The average Bonchev–Trinajstić information content (AvgIpc) is 2.43. The van der Waals surface area contributed by atoms with E-state index in [1.807, 2.05) is 12.1 Å². The number of nitrogen functional groups attached to an aromatic ring is 1. The Balaban J connectivity index is 1.83. The summed E-state index contributed by atoms with van der Waals surface area (Å²) >= 11 is 1.27. The van der Waals surface area contributed by atoms with Gasteiger partial charge >= 0.3 is 0 Å². The van der Waals surface area contributed by atoms with Gasteiger partial charge in [-0.1, -0.05) is 23.9 Å². The SMILES string of the molecule is Cc1cc(=O)[nH]c(SCC(O)COc2ccccc2N)n1. The first-order chi connectivity index (χ1) is 10.0. The van der Waals surface area contributed by atoms with E-state index < -0.39 is 6.10 Å². The van der Waals surface area contributed by atoms with Crippen LogP contribution in [0.4, 0.5) is 5.69 Å². The second-order valence-electron chi connectivity index (χ2n) is 4.51. The molecule has 1 aromatic heterocycles. The fourth-order valence-electron chi connectivity index (χ4n) is 1.64. The molecule has 0 spiro atoms. The number of para-hydroxylation sites is 2. The lowest BCUT2D eigenvalue weighted by Crippen LogP contribution is -2.21. The number of rotatable bonds is 6. The number of aromatic nitrogens is 2. The maximum Gasteiger partial charge on any atom is 0.251 e. The van der Waals surface area contributed by atoms with Crippen LogP contribution in [0.3, 0.4) is 0 Å². The molecule has 6 nitrogen and oxygen atoms in total. The number of aryl methyl sites for hydroxylation is 1. The van der Waals surface area contributed by atoms with Crippen LogP contribution in [0.25, 0.3) is 0 Å². The number of nitrogens with zero attached hydrogens (tertiary/aromatic N) is 1. The Kier molecular flexibility index (Phi) is 5.24. The summed E-state index contributed by atoms with van der Waals surface area (Å²) in [5.41, 5.74) is 6.71. The fraction of sp³-hybridized carbons (Fsp3) is 0.286. The van der Waals surface area contributed by atoms with E-state index in [1.54, 1.807) is 19.1 Å². The van der Waals surface area contributed by atoms with E-state index in [0.717, 1.165) is 0 Å². The van der Waals surface area contributed by atoms with Crippen LogP contribution in [-0.4, -0.2) is 33.5 Å². The molecule has 0 saturated heterocycles. The molecule has 4 N–H and O–H groups in total. The minimum absolute atomic E-state index is 0.122. The molecule has 1 aromatic carbocycles. The molecule has 0 saturated carbocycles. The van der Waals surface area contributed by atoms with Crippen molar-refractivity contribution < 1.29 is 9.84 Å². The lowest BCUT2D eigenvalue weighted by molar-refractivity contribution is 0.127. The number of benzene rings is 1. The maximum atomic E-state index is 11.3. The molecule has 7 heteroatoms. The summed E-state index contributed by atoms with van der Waals surface area (Å²) in [5.74, 6) is 0.905. The van der Waals surface area contributed by atoms with E-state index in [1.165, 1.54) is 17.8 Å². The Morgan fingerprint density at radius 2 is 2.24 bits per heavy atom. The van der Waals surface area contributed by atoms with Crippen molar-refractivity contribution in [2.75, 3.05) is 18.1 Å². The molecule has 21 heavy (non-hydrogen) atoms. The summed E-state index contributed by atoms with van der Waals surface area (Å²) in [6.45, 7) is 1.87. The first kappa shape index (κ1) is 15.4. The van der Waals surface area contributed by atoms with Crippen LogP contribution in [0.1, 0.15) is 5.69 Å². The second kappa shape index (κ2) is 7.14. The Labute approximate surface area is 126 Å². The van der Waals surface area contributed by atoms with Crippen LogP contribution in [0.2, 0.25) is 0 Å². The van der Waals surface area contributed by atoms with Crippen molar-refractivity contribution in [1.29, 1.82) is 0 Å². The van der Waals surface area contributed by atoms with Gasteiger partial charge in [-0.05, 0) is 19.1 Å². The minimum Gasteiger partial charge on any atom is -0.489 e.